The third kappa shape index (κ3) is 4.17. The lowest BCUT2D eigenvalue weighted by Gasteiger charge is -2.10. The Balaban J connectivity index is 1.77. The van der Waals surface area contributed by atoms with E-state index in [1.165, 1.54) is 24.3 Å². The SMILES string of the molecule is Cc1ccc(C(=O)Oc2ccc(OC(=O)c3ccccc3)c(F)c2F)cc1. The third-order valence-corrected chi connectivity index (χ3v) is 3.71. The molecule has 0 heterocycles. The molecule has 4 nitrogen and oxygen atoms in total. The number of esters is 2. The molecule has 0 spiro atoms. The van der Waals surface area contributed by atoms with Crippen LogP contribution in [-0.2, 0) is 0 Å². The predicted molar refractivity (Wildman–Crippen MR) is 93.9 cm³/mol. The number of carbonyl (C=O) groups excluding carboxylic acids is 2. The lowest BCUT2D eigenvalue weighted by Crippen LogP contribution is -2.12. The summed E-state index contributed by atoms with van der Waals surface area (Å²) in [5.74, 6) is -5.71. The van der Waals surface area contributed by atoms with Crippen LogP contribution in [0.1, 0.15) is 26.3 Å². The van der Waals surface area contributed by atoms with Gasteiger partial charge in [-0.05, 0) is 43.3 Å². The van der Waals surface area contributed by atoms with Crippen LogP contribution >= 0.6 is 0 Å². The van der Waals surface area contributed by atoms with Crippen molar-refractivity contribution in [2.24, 2.45) is 0 Å². The van der Waals surface area contributed by atoms with Crippen molar-refractivity contribution < 1.29 is 27.8 Å². The van der Waals surface area contributed by atoms with Crippen molar-refractivity contribution in [1.29, 1.82) is 0 Å². The average Bonchev–Trinajstić information content (AvgIpc) is 2.68. The third-order valence-electron chi connectivity index (χ3n) is 3.71. The highest BCUT2D eigenvalue weighted by Gasteiger charge is 2.21. The summed E-state index contributed by atoms with van der Waals surface area (Å²) in [7, 11) is 0. The van der Waals surface area contributed by atoms with E-state index in [-0.39, 0.29) is 11.1 Å². The maximum Gasteiger partial charge on any atom is 0.343 e. The van der Waals surface area contributed by atoms with Gasteiger partial charge in [-0.15, -0.1) is 0 Å². The molecular weight excluding hydrogens is 354 g/mol. The van der Waals surface area contributed by atoms with Gasteiger partial charge in [-0.25, -0.2) is 9.59 Å². The van der Waals surface area contributed by atoms with Crippen molar-refractivity contribution in [3.63, 3.8) is 0 Å². The van der Waals surface area contributed by atoms with Crippen LogP contribution in [0.2, 0.25) is 0 Å². The summed E-state index contributed by atoms with van der Waals surface area (Å²) in [5.41, 5.74) is 1.32. The smallest absolute Gasteiger partial charge is 0.343 e. The molecule has 136 valence electrons. The van der Waals surface area contributed by atoms with E-state index in [0.717, 1.165) is 17.7 Å². The molecule has 0 aliphatic heterocycles. The predicted octanol–water partition coefficient (Wildman–Crippen LogP) is 4.71. The Bertz CT molecular complexity index is 983. The topological polar surface area (TPSA) is 52.6 Å². The number of rotatable bonds is 4. The van der Waals surface area contributed by atoms with Gasteiger partial charge in [0.05, 0.1) is 11.1 Å². The van der Waals surface area contributed by atoms with Crippen molar-refractivity contribution >= 4 is 11.9 Å². The minimum absolute atomic E-state index is 0.187. The quantitative estimate of drug-likeness (QED) is 0.494. The molecule has 0 saturated heterocycles. The lowest BCUT2D eigenvalue weighted by atomic mass is 10.1. The van der Waals surface area contributed by atoms with Crippen molar-refractivity contribution in [3.8, 4) is 11.5 Å². The molecule has 3 aromatic rings. The second-order valence-corrected chi connectivity index (χ2v) is 5.70. The van der Waals surface area contributed by atoms with Gasteiger partial charge in [-0.2, -0.15) is 8.78 Å². The Morgan fingerprint density at radius 1 is 0.667 bits per heavy atom. The first-order valence-electron chi connectivity index (χ1n) is 8.00. The molecule has 0 saturated carbocycles. The van der Waals surface area contributed by atoms with Crippen LogP contribution in [0.15, 0.2) is 66.7 Å². The van der Waals surface area contributed by atoms with Crippen LogP contribution < -0.4 is 9.47 Å². The number of benzene rings is 3. The summed E-state index contributed by atoms with van der Waals surface area (Å²) in [6.45, 7) is 1.85. The molecule has 0 amide bonds. The molecule has 3 aromatic carbocycles. The molecule has 0 aliphatic rings. The standard InChI is InChI=1S/C21H14F2O4/c1-13-7-9-15(10-8-13)21(25)27-17-12-11-16(18(22)19(17)23)26-20(24)14-5-3-2-4-6-14/h2-12H,1H3. The fourth-order valence-corrected chi connectivity index (χ4v) is 2.25. The van der Waals surface area contributed by atoms with Crippen LogP contribution in [0.3, 0.4) is 0 Å². The number of aryl methyl sites for hydroxylation is 1. The number of halogens is 2. The summed E-state index contributed by atoms with van der Waals surface area (Å²) in [4.78, 5) is 24.0. The van der Waals surface area contributed by atoms with E-state index < -0.39 is 35.1 Å². The molecule has 0 aromatic heterocycles. The Morgan fingerprint density at radius 2 is 1.11 bits per heavy atom. The van der Waals surface area contributed by atoms with Crippen LogP contribution in [0.5, 0.6) is 11.5 Å². The van der Waals surface area contributed by atoms with Gasteiger partial charge in [0.1, 0.15) is 0 Å². The first-order valence-corrected chi connectivity index (χ1v) is 8.00. The van der Waals surface area contributed by atoms with E-state index in [1.807, 2.05) is 6.92 Å². The van der Waals surface area contributed by atoms with Crippen molar-refractivity contribution in [1.82, 2.24) is 0 Å². The summed E-state index contributed by atoms with van der Waals surface area (Å²) in [6.07, 6.45) is 0. The maximum absolute atomic E-state index is 14.2. The van der Waals surface area contributed by atoms with Gasteiger partial charge in [0.25, 0.3) is 0 Å². The molecule has 0 unspecified atom stereocenters. The van der Waals surface area contributed by atoms with E-state index in [4.69, 9.17) is 9.47 Å². The summed E-state index contributed by atoms with van der Waals surface area (Å²) in [5, 5.41) is 0. The molecule has 3 rings (SSSR count). The Labute approximate surface area is 154 Å². The minimum atomic E-state index is -1.42. The van der Waals surface area contributed by atoms with Crippen molar-refractivity contribution in [2.45, 2.75) is 6.92 Å². The normalized spacial score (nSPS) is 10.3. The number of hydrogen-bond donors (Lipinski definition) is 0. The summed E-state index contributed by atoms with van der Waals surface area (Å²) < 4.78 is 38.2. The fourth-order valence-electron chi connectivity index (χ4n) is 2.25. The van der Waals surface area contributed by atoms with Crippen LogP contribution in [0.4, 0.5) is 8.78 Å². The molecule has 0 atom stereocenters. The highest BCUT2D eigenvalue weighted by atomic mass is 19.2. The van der Waals surface area contributed by atoms with Crippen LogP contribution in [0, 0.1) is 18.6 Å². The molecule has 6 heteroatoms. The van der Waals surface area contributed by atoms with Gasteiger partial charge in [-0.3, -0.25) is 0 Å². The minimum Gasteiger partial charge on any atom is -0.420 e. The summed E-state index contributed by atoms with van der Waals surface area (Å²) >= 11 is 0. The molecule has 0 radical (unpaired) electrons. The summed E-state index contributed by atoms with van der Waals surface area (Å²) in [6, 6.07) is 16.4. The van der Waals surface area contributed by atoms with E-state index >= 15 is 0 Å². The first kappa shape index (κ1) is 18.3. The van der Waals surface area contributed by atoms with E-state index in [1.54, 1.807) is 30.3 Å². The van der Waals surface area contributed by atoms with Gasteiger partial charge in [0, 0.05) is 0 Å². The van der Waals surface area contributed by atoms with Crippen molar-refractivity contribution in [3.05, 3.63) is 95.1 Å². The number of hydrogen-bond acceptors (Lipinski definition) is 4. The van der Waals surface area contributed by atoms with Crippen LogP contribution in [-0.4, -0.2) is 11.9 Å². The van der Waals surface area contributed by atoms with Gasteiger partial charge in [-0.1, -0.05) is 35.9 Å². The number of carbonyl (C=O) groups is 2. The van der Waals surface area contributed by atoms with Gasteiger partial charge < -0.3 is 9.47 Å². The first-order chi connectivity index (χ1) is 13.0. The molecule has 0 N–H and O–H groups in total. The van der Waals surface area contributed by atoms with E-state index in [2.05, 4.69) is 0 Å². The number of ether oxygens (including phenoxy) is 2. The largest absolute Gasteiger partial charge is 0.420 e. The van der Waals surface area contributed by atoms with Crippen LogP contribution in [0.25, 0.3) is 0 Å². The molecule has 0 aliphatic carbocycles. The lowest BCUT2D eigenvalue weighted by molar-refractivity contribution is 0.0706. The highest BCUT2D eigenvalue weighted by molar-refractivity contribution is 5.92. The Kier molecular flexibility index (Phi) is 5.26. The molecule has 27 heavy (non-hydrogen) atoms. The molecule has 0 bridgehead atoms. The zero-order chi connectivity index (χ0) is 19.4. The zero-order valence-electron chi connectivity index (χ0n) is 14.2. The Morgan fingerprint density at radius 3 is 1.59 bits per heavy atom. The molecular formula is C21H14F2O4. The zero-order valence-corrected chi connectivity index (χ0v) is 14.2. The van der Waals surface area contributed by atoms with Gasteiger partial charge in [0.15, 0.2) is 11.5 Å². The Hall–Kier alpha value is -3.54. The average molecular weight is 368 g/mol. The maximum atomic E-state index is 14.2. The van der Waals surface area contributed by atoms with E-state index in [0.29, 0.717) is 0 Å². The second kappa shape index (κ2) is 7.78. The molecule has 0 fully saturated rings. The van der Waals surface area contributed by atoms with Gasteiger partial charge in [0.2, 0.25) is 11.6 Å². The van der Waals surface area contributed by atoms with E-state index in [9.17, 15) is 18.4 Å². The van der Waals surface area contributed by atoms with Crippen molar-refractivity contribution in [2.75, 3.05) is 0 Å². The second-order valence-electron chi connectivity index (χ2n) is 5.70. The fraction of sp³-hybridized carbons (Fsp3) is 0.0476. The monoisotopic (exact) mass is 368 g/mol. The van der Waals surface area contributed by atoms with Gasteiger partial charge >= 0.3 is 11.9 Å². The highest BCUT2D eigenvalue weighted by Crippen LogP contribution is 2.28.